The van der Waals surface area contributed by atoms with Crippen molar-refractivity contribution in [3.63, 3.8) is 0 Å². The van der Waals surface area contributed by atoms with Gasteiger partial charge in [0.25, 0.3) is 0 Å². The number of esters is 2. The lowest BCUT2D eigenvalue weighted by atomic mass is 9.87. The standard InChI is InChI=1S/C39H69NO5/c1-6-7-8-9-10-13-19-28-37(41)44-34-39(2,3)30-21-20-27-36(45-38(42)29-23-31-40(4)5)26-18-12-11-14-22-32-43-33-35-24-16-15-17-25-35/h15-17,24-25,36H,6-14,18-23,26-34H2,1-5H3. The molecule has 0 amide bonds. The average Bonchev–Trinajstić information content (AvgIpc) is 3.01. The Bertz CT molecular complexity index is 841. The Labute approximate surface area is 277 Å². The summed E-state index contributed by atoms with van der Waals surface area (Å²) in [4.78, 5) is 26.9. The second-order valence-electron chi connectivity index (χ2n) is 14.1. The maximum atomic E-state index is 12.6. The summed E-state index contributed by atoms with van der Waals surface area (Å²) in [5.41, 5.74) is 1.18. The topological polar surface area (TPSA) is 65.1 Å². The van der Waals surface area contributed by atoms with Gasteiger partial charge in [0.15, 0.2) is 0 Å². The molecule has 260 valence electrons. The third-order valence-corrected chi connectivity index (χ3v) is 8.45. The Morgan fingerprint density at radius 1 is 0.733 bits per heavy atom. The van der Waals surface area contributed by atoms with Gasteiger partial charge >= 0.3 is 11.9 Å². The molecule has 0 fully saturated rings. The fourth-order valence-electron chi connectivity index (χ4n) is 5.54. The second kappa shape index (κ2) is 27.2. The molecule has 0 heterocycles. The molecular weight excluding hydrogens is 562 g/mol. The molecule has 6 heteroatoms. The van der Waals surface area contributed by atoms with Crippen LogP contribution in [0.2, 0.25) is 0 Å². The van der Waals surface area contributed by atoms with Crippen molar-refractivity contribution in [2.75, 3.05) is 33.9 Å². The van der Waals surface area contributed by atoms with Crippen LogP contribution < -0.4 is 0 Å². The van der Waals surface area contributed by atoms with Crippen LogP contribution in [0.3, 0.4) is 0 Å². The molecule has 0 aliphatic heterocycles. The first-order chi connectivity index (χ1) is 21.7. The van der Waals surface area contributed by atoms with Crippen LogP contribution in [0.4, 0.5) is 0 Å². The van der Waals surface area contributed by atoms with Crippen LogP contribution in [0.5, 0.6) is 0 Å². The van der Waals surface area contributed by atoms with E-state index in [9.17, 15) is 9.59 Å². The van der Waals surface area contributed by atoms with Gasteiger partial charge < -0.3 is 19.1 Å². The van der Waals surface area contributed by atoms with Gasteiger partial charge in [-0.1, -0.05) is 115 Å². The molecule has 1 aromatic carbocycles. The summed E-state index contributed by atoms with van der Waals surface area (Å²) in [5.74, 6) is -0.122. The van der Waals surface area contributed by atoms with Gasteiger partial charge in [-0.15, -0.1) is 0 Å². The highest BCUT2D eigenvalue weighted by Crippen LogP contribution is 2.26. The van der Waals surface area contributed by atoms with Crippen molar-refractivity contribution < 1.29 is 23.8 Å². The number of hydrogen-bond acceptors (Lipinski definition) is 6. The number of ether oxygens (including phenoxy) is 3. The zero-order chi connectivity index (χ0) is 33.0. The lowest BCUT2D eigenvalue weighted by Crippen LogP contribution is -2.22. The Morgan fingerprint density at radius 3 is 2.02 bits per heavy atom. The minimum Gasteiger partial charge on any atom is -0.465 e. The second-order valence-corrected chi connectivity index (χ2v) is 14.1. The maximum absolute atomic E-state index is 12.6. The quantitative estimate of drug-likeness (QED) is 0.0622. The van der Waals surface area contributed by atoms with E-state index in [1.54, 1.807) is 0 Å². The molecule has 0 spiro atoms. The van der Waals surface area contributed by atoms with Gasteiger partial charge in [-0.3, -0.25) is 9.59 Å². The predicted molar refractivity (Wildman–Crippen MR) is 187 cm³/mol. The molecule has 1 aromatic rings. The average molecular weight is 632 g/mol. The van der Waals surface area contributed by atoms with Crippen molar-refractivity contribution in [1.82, 2.24) is 4.90 Å². The number of carbonyl (C=O) groups excluding carboxylic acids is 2. The zero-order valence-electron chi connectivity index (χ0n) is 29.9. The Hall–Kier alpha value is -1.92. The van der Waals surface area contributed by atoms with E-state index < -0.39 is 0 Å². The van der Waals surface area contributed by atoms with Gasteiger partial charge in [0, 0.05) is 19.4 Å². The van der Waals surface area contributed by atoms with E-state index in [0.717, 1.165) is 83.8 Å². The summed E-state index contributed by atoms with van der Waals surface area (Å²) < 4.78 is 17.4. The molecule has 1 atom stereocenters. The van der Waals surface area contributed by atoms with Gasteiger partial charge in [-0.05, 0) is 83.0 Å². The van der Waals surface area contributed by atoms with Crippen molar-refractivity contribution in [2.45, 2.75) is 162 Å². The molecule has 1 rings (SSSR count). The summed E-state index contributed by atoms with van der Waals surface area (Å²) >= 11 is 0. The van der Waals surface area contributed by atoms with Gasteiger partial charge in [-0.2, -0.15) is 0 Å². The van der Waals surface area contributed by atoms with E-state index in [4.69, 9.17) is 14.2 Å². The summed E-state index contributed by atoms with van der Waals surface area (Å²) in [6.07, 6.45) is 20.8. The predicted octanol–water partition coefficient (Wildman–Crippen LogP) is 10.1. The summed E-state index contributed by atoms with van der Waals surface area (Å²) in [6, 6.07) is 10.3. The summed E-state index contributed by atoms with van der Waals surface area (Å²) in [5, 5.41) is 0. The van der Waals surface area contributed by atoms with E-state index in [0.29, 0.717) is 26.1 Å². The smallest absolute Gasteiger partial charge is 0.306 e. The van der Waals surface area contributed by atoms with E-state index in [1.165, 1.54) is 50.5 Å². The molecule has 0 saturated heterocycles. The van der Waals surface area contributed by atoms with Gasteiger partial charge in [-0.25, -0.2) is 0 Å². The molecule has 1 unspecified atom stereocenters. The van der Waals surface area contributed by atoms with Crippen LogP contribution >= 0.6 is 0 Å². The lowest BCUT2D eigenvalue weighted by molar-refractivity contribution is -0.150. The molecule has 0 N–H and O–H groups in total. The number of unbranched alkanes of at least 4 members (excludes halogenated alkanes) is 11. The van der Waals surface area contributed by atoms with Crippen LogP contribution in [-0.4, -0.2) is 56.8 Å². The van der Waals surface area contributed by atoms with Crippen molar-refractivity contribution in [1.29, 1.82) is 0 Å². The van der Waals surface area contributed by atoms with Crippen molar-refractivity contribution in [2.24, 2.45) is 5.41 Å². The molecular formula is C39H69NO5. The normalized spacial score (nSPS) is 12.4. The first kappa shape index (κ1) is 41.1. The SMILES string of the molecule is CCCCCCCCCC(=O)OCC(C)(C)CCCCC(CCCCCCCOCc1ccccc1)OC(=O)CCCN(C)C. The number of nitrogens with zero attached hydrogens (tertiary/aromatic N) is 1. The number of hydrogen-bond donors (Lipinski definition) is 0. The van der Waals surface area contributed by atoms with Gasteiger partial charge in [0.2, 0.25) is 0 Å². The monoisotopic (exact) mass is 632 g/mol. The highest BCUT2D eigenvalue weighted by molar-refractivity contribution is 5.69. The molecule has 0 aromatic heterocycles. The van der Waals surface area contributed by atoms with Crippen LogP contribution in [0.15, 0.2) is 30.3 Å². The van der Waals surface area contributed by atoms with E-state index in [2.05, 4.69) is 37.8 Å². The molecule has 0 bridgehead atoms. The molecule has 0 aliphatic rings. The summed E-state index contributed by atoms with van der Waals surface area (Å²) in [6.45, 7) is 9.46. The Balaban J connectivity index is 2.27. The first-order valence-corrected chi connectivity index (χ1v) is 18.3. The van der Waals surface area contributed by atoms with Crippen molar-refractivity contribution >= 4 is 11.9 Å². The number of carbonyl (C=O) groups is 2. The number of benzene rings is 1. The van der Waals surface area contributed by atoms with Gasteiger partial charge in [0.05, 0.1) is 13.2 Å². The Kier molecular flexibility index (Phi) is 24.9. The van der Waals surface area contributed by atoms with E-state index >= 15 is 0 Å². The fraction of sp³-hybridized carbons (Fsp3) is 0.795. The zero-order valence-corrected chi connectivity index (χ0v) is 29.9. The fourth-order valence-corrected chi connectivity index (χ4v) is 5.54. The largest absolute Gasteiger partial charge is 0.465 e. The number of rotatable bonds is 30. The molecule has 6 nitrogen and oxygen atoms in total. The maximum Gasteiger partial charge on any atom is 0.306 e. The minimum absolute atomic E-state index is 0.00558. The van der Waals surface area contributed by atoms with Crippen LogP contribution in [0, 0.1) is 5.41 Å². The first-order valence-electron chi connectivity index (χ1n) is 18.3. The molecule has 0 aliphatic carbocycles. The third-order valence-electron chi connectivity index (χ3n) is 8.45. The van der Waals surface area contributed by atoms with Crippen LogP contribution in [0.1, 0.15) is 155 Å². The third kappa shape index (κ3) is 25.9. The highest BCUT2D eigenvalue weighted by atomic mass is 16.5. The molecule has 0 radical (unpaired) electrons. The Morgan fingerprint density at radius 2 is 1.33 bits per heavy atom. The van der Waals surface area contributed by atoms with E-state index in [1.807, 2.05) is 32.3 Å². The summed E-state index contributed by atoms with van der Waals surface area (Å²) in [7, 11) is 4.06. The van der Waals surface area contributed by atoms with Gasteiger partial charge in [0.1, 0.15) is 6.10 Å². The molecule has 45 heavy (non-hydrogen) atoms. The van der Waals surface area contributed by atoms with Crippen LogP contribution in [-0.2, 0) is 30.4 Å². The highest BCUT2D eigenvalue weighted by Gasteiger charge is 2.21. The van der Waals surface area contributed by atoms with Crippen molar-refractivity contribution in [3.8, 4) is 0 Å². The van der Waals surface area contributed by atoms with E-state index in [-0.39, 0.29) is 23.5 Å². The van der Waals surface area contributed by atoms with Crippen molar-refractivity contribution in [3.05, 3.63) is 35.9 Å². The minimum atomic E-state index is -0.0642. The van der Waals surface area contributed by atoms with Crippen LogP contribution in [0.25, 0.3) is 0 Å². The lowest BCUT2D eigenvalue weighted by Gasteiger charge is -2.25. The molecule has 0 saturated carbocycles.